The minimum atomic E-state index is -1.93. The number of carboxylic acids is 2. The molecule has 4 rings (SSSR count). The van der Waals surface area contributed by atoms with Crippen LogP contribution in [0.15, 0.2) is 97.3 Å². The molecule has 10 nitrogen and oxygen atoms in total. The van der Waals surface area contributed by atoms with Crippen LogP contribution in [0, 0.1) is 11.6 Å². The van der Waals surface area contributed by atoms with Crippen molar-refractivity contribution in [2.45, 2.75) is 13.1 Å². The van der Waals surface area contributed by atoms with Crippen LogP contribution in [0.1, 0.15) is 22.5 Å². The van der Waals surface area contributed by atoms with E-state index in [1.807, 2.05) is 0 Å². The Balaban J connectivity index is 0.000000421. The molecular formula is C30H20F2Mg2N2O8. The summed E-state index contributed by atoms with van der Waals surface area (Å²) in [4.78, 5) is 42.6. The zero-order valence-electron chi connectivity index (χ0n) is 23.0. The molecule has 4 aromatic rings. The van der Waals surface area contributed by atoms with Crippen molar-refractivity contribution in [3.8, 4) is 0 Å². The van der Waals surface area contributed by atoms with Crippen LogP contribution in [0.4, 0.5) is 8.78 Å². The number of hydrogen-bond acceptors (Lipinski definition) is 8. The number of halogens is 2. The molecule has 0 aliphatic heterocycles. The number of carbonyl (C=O) groups is 4. The summed E-state index contributed by atoms with van der Waals surface area (Å²) in [6, 6.07) is 17.6. The Morgan fingerprint density at radius 2 is 0.886 bits per heavy atom. The van der Waals surface area contributed by atoms with Crippen LogP contribution in [0.25, 0.3) is 11.5 Å². The second-order valence-corrected chi connectivity index (χ2v) is 8.62. The van der Waals surface area contributed by atoms with Crippen LogP contribution in [0.5, 0.6) is 0 Å². The van der Waals surface area contributed by atoms with Gasteiger partial charge in [0.1, 0.15) is 23.6 Å². The van der Waals surface area contributed by atoms with Gasteiger partial charge in [0.25, 0.3) is 0 Å². The van der Waals surface area contributed by atoms with Gasteiger partial charge >= 0.3 is 46.1 Å². The first-order valence-electron chi connectivity index (χ1n) is 12.0. The molecule has 2 aromatic carbocycles. The van der Waals surface area contributed by atoms with Gasteiger partial charge in [-0.15, -0.1) is 0 Å². The molecule has 0 bridgehead atoms. The van der Waals surface area contributed by atoms with E-state index in [0.717, 1.165) is 11.1 Å². The first-order valence-corrected chi connectivity index (χ1v) is 12.0. The van der Waals surface area contributed by atoms with Crippen molar-refractivity contribution in [3.05, 3.63) is 131 Å². The van der Waals surface area contributed by atoms with E-state index in [1.54, 1.807) is 48.8 Å². The predicted octanol–water partition coefficient (Wildman–Crippen LogP) is -1.37. The Bertz CT molecular complexity index is 1540. The van der Waals surface area contributed by atoms with Gasteiger partial charge in [-0.25, -0.2) is 8.78 Å². The van der Waals surface area contributed by atoms with E-state index in [2.05, 4.69) is 0 Å². The number of aliphatic carboxylic acids is 2. The SMILES string of the molecule is O=C([O-])C(=O)/C=C(\[O-])c1cccn1Cc1ccc(F)cc1.O=C([O-])C(=O)/C=C(\[O-])c1cccn1Cc1ccc(F)cc1.[Mg+2].[Mg+2]. The number of ketones is 2. The number of aromatic nitrogens is 2. The molecule has 0 saturated heterocycles. The number of nitrogens with zero attached hydrogens (tertiary/aromatic N) is 2. The Kier molecular flexibility index (Phi) is 15.3. The van der Waals surface area contributed by atoms with Crippen LogP contribution < -0.4 is 20.4 Å². The van der Waals surface area contributed by atoms with E-state index in [0.29, 0.717) is 25.2 Å². The second kappa shape index (κ2) is 17.8. The van der Waals surface area contributed by atoms with Crippen molar-refractivity contribution in [2.75, 3.05) is 0 Å². The van der Waals surface area contributed by atoms with Gasteiger partial charge in [0.05, 0.1) is 0 Å². The van der Waals surface area contributed by atoms with Crippen LogP contribution in [-0.4, -0.2) is 78.7 Å². The van der Waals surface area contributed by atoms with Gasteiger partial charge in [-0.2, -0.15) is 0 Å². The van der Waals surface area contributed by atoms with E-state index >= 15 is 0 Å². The fourth-order valence-corrected chi connectivity index (χ4v) is 3.63. The topological polar surface area (TPSA) is 170 Å². The molecule has 0 atom stereocenters. The maximum atomic E-state index is 12.8. The Morgan fingerprint density at radius 3 is 1.18 bits per heavy atom. The third-order valence-electron chi connectivity index (χ3n) is 5.62. The Morgan fingerprint density at radius 1 is 0.568 bits per heavy atom. The van der Waals surface area contributed by atoms with Gasteiger partial charge in [-0.1, -0.05) is 35.8 Å². The van der Waals surface area contributed by atoms with Crippen molar-refractivity contribution < 1.29 is 48.4 Å². The maximum absolute atomic E-state index is 12.8. The zero-order chi connectivity index (χ0) is 30.8. The van der Waals surface area contributed by atoms with Gasteiger partial charge < -0.3 is 39.1 Å². The maximum Gasteiger partial charge on any atom is 2.00 e. The van der Waals surface area contributed by atoms with Crippen molar-refractivity contribution in [1.82, 2.24) is 9.13 Å². The quantitative estimate of drug-likeness (QED) is 0.0902. The van der Waals surface area contributed by atoms with Crippen LogP contribution in [-0.2, 0) is 32.3 Å². The van der Waals surface area contributed by atoms with Gasteiger partial charge in [-0.05, 0) is 71.8 Å². The molecule has 0 saturated carbocycles. The molecule has 2 aromatic heterocycles. The molecule has 0 aliphatic rings. The average molecular weight is 623 g/mol. The van der Waals surface area contributed by atoms with Crippen LogP contribution >= 0.6 is 0 Å². The molecule has 0 radical (unpaired) electrons. The zero-order valence-corrected chi connectivity index (χ0v) is 25.8. The number of carboxylic acid groups (broad SMARTS) is 2. The monoisotopic (exact) mass is 622 g/mol. The number of carbonyl (C=O) groups excluding carboxylic acids is 4. The number of rotatable bonds is 10. The summed E-state index contributed by atoms with van der Waals surface area (Å²) in [5, 5.41) is 44.3. The smallest absolute Gasteiger partial charge is 0.871 e. The van der Waals surface area contributed by atoms with Crippen molar-refractivity contribution in [2.24, 2.45) is 0 Å². The molecule has 14 heteroatoms. The van der Waals surface area contributed by atoms with E-state index in [9.17, 15) is 48.4 Å². The van der Waals surface area contributed by atoms with Gasteiger partial charge in [0, 0.05) is 36.9 Å². The van der Waals surface area contributed by atoms with Crippen molar-refractivity contribution in [3.63, 3.8) is 0 Å². The standard InChI is InChI=1S/2C15H12FNO4.2Mg/c2*16-11-5-3-10(4-6-11)9-17-7-1-2-12(17)13(18)8-14(19)15(20)21;;/h2*1-8,18H,9H2,(H,20,21);;/q;;2*+2/p-4/b2*13-8-;;. The normalized spacial score (nSPS) is 10.9. The summed E-state index contributed by atoms with van der Waals surface area (Å²) in [6.07, 6.45) is 4.17. The summed E-state index contributed by atoms with van der Waals surface area (Å²) >= 11 is 0. The van der Waals surface area contributed by atoms with Crippen molar-refractivity contribution >= 4 is 81.1 Å². The first-order chi connectivity index (χ1) is 19.9. The molecule has 44 heavy (non-hydrogen) atoms. The van der Waals surface area contributed by atoms with Crippen LogP contribution in [0.2, 0.25) is 0 Å². The third-order valence-corrected chi connectivity index (χ3v) is 5.62. The van der Waals surface area contributed by atoms with Gasteiger partial charge in [0.15, 0.2) is 0 Å². The summed E-state index contributed by atoms with van der Waals surface area (Å²) in [6.45, 7) is 0.587. The molecule has 0 N–H and O–H groups in total. The first kappa shape index (κ1) is 37.8. The molecular weight excluding hydrogens is 603 g/mol. The fourth-order valence-electron chi connectivity index (χ4n) is 3.63. The largest absolute Gasteiger partial charge is 2.00 e. The van der Waals surface area contributed by atoms with Gasteiger partial charge in [0.2, 0.25) is 11.6 Å². The number of benzene rings is 2. The minimum absolute atomic E-state index is 0. The molecule has 0 unspecified atom stereocenters. The van der Waals surface area contributed by atoms with E-state index < -0.39 is 35.0 Å². The van der Waals surface area contributed by atoms with E-state index in [-0.39, 0.29) is 69.1 Å². The second-order valence-electron chi connectivity index (χ2n) is 8.62. The van der Waals surface area contributed by atoms with Gasteiger partial charge in [-0.3, -0.25) is 9.59 Å². The van der Waals surface area contributed by atoms with Crippen LogP contribution in [0.3, 0.4) is 0 Å². The summed E-state index contributed by atoms with van der Waals surface area (Å²) < 4.78 is 28.7. The van der Waals surface area contributed by atoms with Crippen molar-refractivity contribution in [1.29, 1.82) is 0 Å². The van der Waals surface area contributed by atoms with E-state index in [4.69, 9.17) is 0 Å². The summed E-state index contributed by atoms with van der Waals surface area (Å²) in [5.74, 6) is -8.80. The predicted molar refractivity (Wildman–Crippen MR) is 147 cm³/mol. The van der Waals surface area contributed by atoms with E-state index in [1.165, 1.54) is 45.5 Å². The molecule has 2 heterocycles. The number of hydrogen-bond donors (Lipinski definition) is 0. The summed E-state index contributed by atoms with van der Waals surface area (Å²) in [5.41, 5.74) is 1.84. The minimum Gasteiger partial charge on any atom is -0.871 e. The molecule has 216 valence electrons. The molecule has 0 spiro atoms. The Labute approximate surface area is 281 Å². The fraction of sp³-hybridized carbons (Fsp3) is 0.0667. The molecule has 0 amide bonds. The molecule has 0 aliphatic carbocycles. The average Bonchev–Trinajstić information content (AvgIpc) is 3.61. The summed E-state index contributed by atoms with van der Waals surface area (Å²) in [7, 11) is 0. The Hall–Kier alpha value is -4.25. The third kappa shape index (κ3) is 11.1. The molecule has 0 fully saturated rings.